The van der Waals surface area contributed by atoms with Crippen LogP contribution in [0.5, 0.6) is 5.75 Å². The van der Waals surface area contributed by atoms with E-state index in [2.05, 4.69) is 15.9 Å². The Morgan fingerprint density at radius 1 is 1.10 bits per heavy atom. The van der Waals surface area contributed by atoms with Crippen molar-refractivity contribution in [1.82, 2.24) is 0 Å². The van der Waals surface area contributed by atoms with Crippen LogP contribution in [0.1, 0.15) is 5.56 Å². The first kappa shape index (κ1) is 14.9. The van der Waals surface area contributed by atoms with Gasteiger partial charge in [0.15, 0.2) is 5.75 Å². The molecule has 0 aromatic heterocycles. The van der Waals surface area contributed by atoms with E-state index in [0.717, 1.165) is 17.7 Å². The van der Waals surface area contributed by atoms with Crippen molar-refractivity contribution in [2.24, 2.45) is 0 Å². The lowest BCUT2D eigenvalue weighted by Crippen LogP contribution is -2.12. The van der Waals surface area contributed by atoms with Crippen molar-refractivity contribution in [2.45, 2.75) is 11.8 Å². The highest BCUT2D eigenvalue weighted by atomic mass is 79.9. The fourth-order valence-electron chi connectivity index (χ4n) is 1.51. The first-order chi connectivity index (χ1) is 9.29. The number of rotatable bonds is 3. The second kappa shape index (κ2) is 5.49. The summed E-state index contributed by atoms with van der Waals surface area (Å²) in [4.78, 5) is -0.843. The maximum absolute atomic E-state index is 13.5. The lowest BCUT2D eigenvalue weighted by molar-refractivity contribution is 0.472. The summed E-state index contributed by atoms with van der Waals surface area (Å²) in [7, 11) is -4.45. The molecule has 0 heterocycles. The van der Waals surface area contributed by atoms with E-state index in [1.165, 1.54) is 6.07 Å². The van der Waals surface area contributed by atoms with Crippen molar-refractivity contribution in [3.05, 3.63) is 58.1 Å². The molecule has 0 bridgehead atoms. The average molecular weight is 363 g/mol. The first-order valence-corrected chi connectivity index (χ1v) is 7.65. The van der Waals surface area contributed by atoms with Crippen LogP contribution in [-0.2, 0) is 10.1 Å². The smallest absolute Gasteiger partial charge is 0.342 e. The van der Waals surface area contributed by atoms with E-state index in [4.69, 9.17) is 4.18 Å². The van der Waals surface area contributed by atoms with E-state index < -0.39 is 26.6 Å². The van der Waals surface area contributed by atoms with Crippen molar-refractivity contribution in [2.75, 3.05) is 0 Å². The zero-order chi connectivity index (χ0) is 14.9. The van der Waals surface area contributed by atoms with Gasteiger partial charge in [-0.2, -0.15) is 8.42 Å². The van der Waals surface area contributed by atoms with Gasteiger partial charge in [0, 0.05) is 0 Å². The molecule has 2 rings (SSSR count). The Morgan fingerprint density at radius 2 is 1.80 bits per heavy atom. The fraction of sp³-hybridized carbons (Fsp3) is 0.0769. The van der Waals surface area contributed by atoms with Crippen LogP contribution < -0.4 is 4.18 Å². The summed E-state index contributed by atoms with van der Waals surface area (Å²) in [6, 6.07) is 6.84. The Morgan fingerprint density at radius 3 is 2.45 bits per heavy atom. The average Bonchev–Trinajstić information content (AvgIpc) is 2.35. The second-order valence-corrected chi connectivity index (χ2v) is 6.42. The molecule has 0 unspecified atom stereocenters. The minimum absolute atomic E-state index is 0.000684. The van der Waals surface area contributed by atoms with Crippen LogP contribution in [0, 0.1) is 18.6 Å². The molecule has 2 aromatic carbocycles. The molecular weight excluding hydrogens is 354 g/mol. The third-order valence-corrected chi connectivity index (χ3v) is 4.32. The number of aryl methyl sites for hydroxylation is 1. The highest BCUT2D eigenvalue weighted by molar-refractivity contribution is 9.10. The van der Waals surface area contributed by atoms with Crippen LogP contribution in [0.4, 0.5) is 8.78 Å². The molecule has 2 aromatic rings. The quantitative estimate of drug-likeness (QED) is 0.779. The summed E-state index contributed by atoms with van der Waals surface area (Å²) < 4.78 is 55.7. The van der Waals surface area contributed by atoms with Gasteiger partial charge in [-0.3, -0.25) is 0 Å². The predicted octanol–water partition coefficient (Wildman–Crippen LogP) is 3.80. The van der Waals surface area contributed by atoms with Crippen LogP contribution in [0.3, 0.4) is 0 Å². The van der Waals surface area contributed by atoms with Gasteiger partial charge in [0.05, 0.1) is 4.47 Å². The Kier molecular flexibility index (Phi) is 4.10. The molecule has 0 fully saturated rings. The van der Waals surface area contributed by atoms with Gasteiger partial charge in [-0.05, 0) is 58.7 Å². The van der Waals surface area contributed by atoms with Crippen LogP contribution >= 0.6 is 15.9 Å². The topological polar surface area (TPSA) is 43.4 Å². The summed E-state index contributed by atoms with van der Waals surface area (Å²) in [6.07, 6.45) is 0. The molecule has 3 nitrogen and oxygen atoms in total. The normalized spacial score (nSPS) is 11.4. The van der Waals surface area contributed by atoms with E-state index in [1.54, 1.807) is 12.1 Å². The van der Waals surface area contributed by atoms with Crippen LogP contribution in [0.25, 0.3) is 0 Å². The molecule has 106 valence electrons. The number of hydrogen-bond donors (Lipinski definition) is 0. The van der Waals surface area contributed by atoms with Gasteiger partial charge in [0.25, 0.3) is 0 Å². The molecule has 0 aliphatic carbocycles. The van der Waals surface area contributed by atoms with Gasteiger partial charge < -0.3 is 4.18 Å². The summed E-state index contributed by atoms with van der Waals surface area (Å²) in [5, 5.41) is 0. The number of halogens is 3. The lowest BCUT2D eigenvalue weighted by atomic mass is 10.2. The van der Waals surface area contributed by atoms with E-state index in [-0.39, 0.29) is 5.75 Å². The molecule has 0 saturated heterocycles. The third-order valence-electron chi connectivity index (χ3n) is 2.45. The van der Waals surface area contributed by atoms with Crippen molar-refractivity contribution in [3.8, 4) is 5.75 Å². The Labute approximate surface area is 123 Å². The summed E-state index contributed by atoms with van der Waals surface area (Å²) in [5.41, 5.74) is 0.888. The molecule has 0 spiro atoms. The van der Waals surface area contributed by atoms with Crippen LogP contribution in [-0.4, -0.2) is 8.42 Å². The summed E-state index contributed by atoms with van der Waals surface area (Å²) >= 11 is 3.15. The van der Waals surface area contributed by atoms with Gasteiger partial charge in [-0.15, -0.1) is 0 Å². The van der Waals surface area contributed by atoms with Crippen LogP contribution in [0.2, 0.25) is 0 Å². The fourth-order valence-corrected chi connectivity index (χ4v) is 3.22. The predicted molar refractivity (Wildman–Crippen MR) is 73.1 cm³/mol. The Bertz CT molecular complexity index is 760. The molecule has 20 heavy (non-hydrogen) atoms. The van der Waals surface area contributed by atoms with Crippen molar-refractivity contribution in [1.29, 1.82) is 0 Å². The maximum Gasteiger partial charge on any atom is 0.342 e. The molecule has 0 radical (unpaired) electrons. The van der Waals surface area contributed by atoms with Crippen molar-refractivity contribution < 1.29 is 21.4 Å². The standard InChI is InChI=1S/C13H9BrF2O3S/c1-8-2-5-12(10(14)6-8)19-20(17,18)13-7-9(15)3-4-11(13)16/h2-7H,1H3. The molecule has 0 saturated carbocycles. The molecule has 0 aliphatic rings. The molecule has 7 heteroatoms. The highest BCUT2D eigenvalue weighted by Gasteiger charge is 2.23. The van der Waals surface area contributed by atoms with Gasteiger partial charge >= 0.3 is 10.1 Å². The molecular formula is C13H9BrF2O3S. The number of benzene rings is 2. The highest BCUT2D eigenvalue weighted by Crippen LogP contribution is 2.29. The molecule has 0 aliphatic heterocycles. The SMILES string of the molecule is Cc1ccc(OS(=O)(=O)c2cc(F)ccc2F)c(Br)c1. The van der Waals surface area contributed by atoms with Crippen molar-refractivity contribution >= 4 is 26.0 Å². The van der Waals surface area contributed by atoms with Crippen molar-refractivity contribution in [3.63, 3.8) is 0 Å². The minimum atomic E-state index is -4.45. The van der Waals surface area contributed by atoms with E-state index in [9.17, 15) is 17.2 Å². The summed E-state index contributed by atoms with van der Waals surface area (Å²) in [6.45, 7) is 1.81. The molecule has 0 atom stereocenters. The lowest BCUT2D eigenvalue weighted by Gasteiger charge is -2.09. The summed E-state index contributed by atoms with van der Waals surface area (Å²) in [5.74, 6) is -1.94. The van der Waals surface area contributed by atoms with Gasteiger partial charge in [0.2, 0.25) is 0 Å². The maximum atomic E-state index is 13.5. The minimum Gasteiger partial charge on any atom is -0.378 e. The Hall–Kier alpha value is -1.47. The number of hydrogen-bond acceptors (Lipinski definition) is 3. The van der Waals surface area contributed by atoms with Gasteiger partial charge in [-0.25, -0.2) is 8.78 Å². The van der Waals surface area contributed by atoms with Gasteiger partial charge in [0.1, 0.15) is 16.5 Å². The molecule has 0 amide bonds. The van der Waals surface area contributed by atoms with E-state index >= 15 is 0 Å². The third kappa shape index (κ3) is 3.16. The van der Waals surface area contributed by atoms with E-state index in [0.29, 0.717) is 10.5 Å². The zero-order valence-electron chi connectivity index (χ0n) is 10.2. The van der Waals surface area contributed by atoms with E-state index in [1.807, 2.05) is 6.92 Å². The van der Waals surface area contributed by atoms with Gasteiger partial charge in [-0.1, -0.05) is 6.07 Å². The Balaban J connectivity index is 2.43. The van der Waals surface area contributed by atoms with Crippen LogP contribution in [0.15, 0.2) is 45.8 Å². The second-order valence-electron chi connectivity index (χ2n) is 4.05. The largest absolute Gasteiger partial charge is 0.378 e. The molecule has 0 N–H and O–H groups in total. The zero-order valence-corrected chi connectivity index (χ0v) is 12.6. The monoisotopic (exact) mass is 362 g/mol. The first-order valence-electron chi connectivity index (χ1n) is 5.45.